The minimum atomic E-state index is -0.794. The maximum Gasteiger partial charge on any atom is 0.337 e. The molecule has 1 atom stereocenters. The van der Waals surface area contributed by atoms with Crippen molar-refractivity contribution in [2.45, 2.75) is 6.10 Å². The number of hydrogen-bond acceptors (Lipinski definition) is 5. The van der Waals surface area contributed by atoms with E-state index in [-0.39, 0.29) is 6.54 Å². The molecule has 0 radical (unpaired) electrons. The zero-order valence-corrected chi connectivity index (χ0v) is 10.3. The van der Waals surface area contributed by atoms with E-state index >= 15 is 0 Å². The molecular weight excluding hydrogens is 220 g/mol. The Morgan fingerprint density at radius 1 is 1.53 bits per heavy atom. The normalized spacial score (nSPS) is 12.1. The number of hydrogen-bond donors (Lipinski definition) is 2. The van der Waals surface area contributed by atoms with Crippen molar-refractivity contribution in [2.24, 2.45) is 5.73 Å². The SMILES string of the molecule is COC(=O)c1ccc(N(C)C)c(C(O)CN)c1. The Balaban J connectivity index is 3.23. The molecule has 0 aliphatic rings. The number of carbonyl (C=O) groups excluding carboxylic acids is 1. The molecule has 1 aromatic rings. The maximum atomic E-state index is 11.4. The third kappa shape index (κ3) is 2.95. The molecule has 5 heteroatoms. The van der Waals surface area contributed by atoms with Crippen molar-refractivity contribution in [1.82, 2.24) is 0 Å². The third-order valence-electron chi connectivity index (χ3n) is 2.51. The molecule has 94 valence electrons. The van der Waals surface area contributed by atoms with E-state index < -0.39 is 12.1 Å². The Kier molecular flexibility index (Phi) is 4.48. The lowest BCUT2D eigenvalue weighted by atomic mass is 10.0. The summed E-state index contributed by atoms with van der Waals surface area (Å²) in [7, 11) is 5.04. The molecule has 0 heterocycles. The van der Waals surface area contributed by atoms with Gasteiger partial charge in [-0.05, 0) is 18.2 Å². The summed E-state index contributed by atoms with van der Waals surface area (Å²) in [6.07, 6.45) is -0.794. The predicted molar refractivity (Wildman–Crippen MR) is 66.1 cm³/mol. The van der Waals surface area contributed by atoms with Crippen LogP contribution in [0, 0.1) is 0 Å². The van der Waals surface area contributed by atoms with Gasteiger partial charge in [-0.2, -0.15) is 0 Å². The average molecular weight is 238 g/mol. The molecule has 0 saturated carbocycles. The van der Waals surface area contributed by atoms with Crippen LogP contribution in [0.5, 0.6) is 0 Å². The van der Waals surface area contributed by atoms with E-state index in [4.69, 9.17) is 5.73 Å². The number of benzene rings is 1. The van der Waals surface area contributed by atoms with Crippen molar-refractivity contribution in [2.75, 3.05) is 32.6 Å². The van der Waals surface area contributed by atoms with Crippen LogP contribution in [0.1, 0.15) is 22.0 Å². The molecule has 3 N–H and O–H groups in total. The zero-order chi connectivity index (χ0) is 13.0. The van der Waals surface area contributed by atoms with E-state index in [0.717, 1.165) is 5.69 Å². The second-order valence-electron chi connectivity index (χ2n) is 3.91. The van der Waals surface area contributed by atoms with Crippen LogP contribution in [0.4, 0.5) is 5.69 Å². The molecule has 5 nitrogen and oxygen atoms in total. The fraction of sp³-hybridized carbons (Fsp3) is 0.417. The highest BCUT2D eigenvalue weighted by atomic mass is 16.5. The smallest absolute Gasteiger partial charge is 0.337 e. The monoisotopic (exact) mass is 238 g/mol. The van der Waals surface area contributed by atoms with Gasteiger partial charge < -0.3 is 20.5 Å². The largest absolute Gasteiger partial charge is 0.465 e. The summed E-state index contributed by atoms with van der Waals surface area (Å²) in [6.45, 7) is 0.103. The molecular formula is C12H18N2O3. The molecule has 1 unspecified atom stereocenters. The van der Waals surface area contributed by atoms with Crippen LogP contribution in [-0.4, -0.2) is 38.8 Å². The van der Waals surface area contributed by atoms with Crippen molar-refractivity contribution < 1.29 is 14.6 Å². The molecule has 0 aliphatic carbocycles. The quantitative estimate of drug-likeness (QED) is 0.748. The minimum Gasteiger partial charge on any atom is -0.465 e. The topological polar surface area (TPSA) is 75.8 Å². The summed E-state index contributed by atoms with van der Waals surface area (Å²) < 4.78 is 4.64. The van der Waals surface area contributed by atoms with Gasteiger partial charge in [0.2, 0.25) is 0 Å². The molecule has 0 aliphatic heterocycles. The third-order valence-corrected chi connectivity index (χ3v) is 2.51. The molecule has 0 fully saturated rings. The van der Waals surface area contributed by atoms with E-state index in [9.17, 15) is 9.90 Å². The highest BCUT2D eigenvalue weighted by molar-refractivity contribution is 5.90. The van der Waals surface area contributed by atoms with E-state index in [1.807, 2.05) is 19.0 Å². The number of ether oxygens (including phenoxy) is 1. The van der Waals surface area contributed by atoms with Gasteiger partial charge in [0.1, 0.15) is 0 Å². The van der Waals surface area contributed by atoms with Crippen molar-refractivity contribution in [3.63, 3.8) is 0 Å². The van der Waals surface area contributed by atoms with Crippen LogP contribution in [-0.2, 0) is 4.74 Å². The van der Waals surface area contributed by atoms with Crippen LogP contribution < -0.4 is 10.6 Å². The summed E-state index contributed by atoms with van der Waals surface area (Å²) in [4.78, 5) is 13.3. The van der Waals surface area contributed by atoms with Gasteiger partial charge in [-0.3, -0.25) is 0 Å². The number of nitrogens with zero attached hydrogens (tertiary/aromatic N) is 1. The lowest BCUT2D eigenvalue weighted by molar-refractivity contribution is 0.0600. The summed E-state index contributed by atoms with van der Waals surface area (Å²) in [6, 6.07) is 5.03. The van der Waals surface area contributed by atoms with Crippen molar-refractivity contribution in [3.05, 3.63) is 29.3 Å². The van der Waals surface area contributed by atoms with Crippen molar-refractivity contribution in [1.29, 1.82) is 0 Å². The second kappa shape index (κ2) is 5.65. The van der Waals surface area contributed by atoms with Gasteiger partial charge in [0, 0.05) is 31.9 Å². The lowest BCUT2D eigenvalue weighted by Crippen LogP contribution is -2.18. The fourth-order valence-electron chi connectivity index (χ4n) is 1.60. The first-order valence-corrected chi connectivity index (χ1v) is 5.29. The van der Waals surface area contributed by atoms with Crippen LogP contribution in [0.15, 0.2) is 18.2 Å². The molecule has 0 aromatic heterocycles. The Hall–Kier alpha value is -1.59. The molecule has 0 spiro atoms. The number of methoxy groups -OCH3 is 1. The van der Waals surface area contributed by atoms with Crippen LogP contribution in [0.3, 0.4) is 0 Å². The van der Waals surface area contributed by atoms with Crippen LogP contribution in [0.2, 0.25) is 0 Å². The van der Waals surface area contributed by atoms with Gasteiger partial charge in [0.15, 0.2) is 0 Å². The molecule has 0 amide bonds. The van der Waals surface area contributed by atoms with E-state index in [1.54, 1.807) is 18.2 Å². The van der Waals surface area contributed by atoms with Gasteiger partial charge in [0.05, 0.1) is 18.8 Å². The predicted octanol–water partition coefficient (Wildman–Crippen LogP) is 0.531. The Bertz CT molecular complexity index is 405. The fourth-order valence-corrected chi connectivity index (χ4v) is 1.60. The minimum absolute atomic E-state index is 0.103. The lowest BCUT2D eigenvalue weighted by Gasteiger charge is -2.20. The summed E-state index contributed by atoms with van der Waals surface area (Å²) >= 11 is 0. The summed E-state index contributed by atoms with van der Waals surface area (Å²) in [5.74, 6) is -0.430. The van der Waals surface area contributed by atoms with Crippen molar-refractivity contribution >= 4 is 11.7 Å². The standard InChI is InChI=1S/C12H18N2O3/c1-14(2)10-5-4-8(12(16)17-3)6-9(10)11(15)7-13/h4-6,11,15H,7,13H2,1-3H3. The number of anilines is 1. The van der Waals surface area contributed by atoms with Gasteiger partial charge >= 0.3 is 5.97 Å². The summed E-state index contributed by atoms with van der Waals surface area (Å²) in [5.41, 5.74) is 7.31. The Morgan fingerprint density at radius 2 is 2.18 bits per heavy atom. The highest BCUT2D eigenvalue weighted by Crippen LogP contribution is 2.26. The Morgan fingerprint density at radius 3 is 2.65 bits per heavy atom. The van der Waals surface area contributed by atoms with E-state index in [1.165, 1.54) is 7.11 Å². The first-order valence-electron chi connectivity index (χ1n) is 5.29. The number of esters is 1. The number of aliphatic hydroxyl groups is 1. The number of aliphatic hydroxyl groups excluding tert-OH is 1. The van der Waals surface area contributed by atoms with Crippen molar-refractivity contribution in [3.8, 4) is 0 Å². The van der Waals surface area contributed by atoms with Gasteiger partial charge in [0.25, 0.3) is 0 Å². The highest BCUT2D eigenvalue weighted by Gasteiger charge is 2.16. The molecule has 0 saturated heterocycles. The molecule has 0 bridgehead atoms. The molecule has 17 heavy (non-hydrogen) atoms. The number of rotatable bonds is 4. The zero-order valence-electron chi connectivity index (χ0n) is 10.3. The van der Waals surface area contributed by atoms with Gasteiger partial charge in [-0.1, -0.05) is 0 Å². The average Bonchev–Trinajstić information content (AvgIpc) is 2.35. The Labute approximate surface area is 101 Å². The van der Waals surface area contributed by atoms with Crippen LogP contribution >= 0.6 is 0 Å². The first-order chi connectivity index (χ1) is 8.01. The van der Waals surface area contributed by atoms with Gasteiger partial charge in [-0.25, -0.2) is 4.79 Å². The molecule has 1 aromatic carbocycles. The molecule has 1 rings (SSSR count). The second-order valence-corrected chi connectivity index (χ2v) is 3.91. The number of nitrogens with two attached hydrogens (primary N) is 1. The van der Waals surface area contributed by atoms with Gasteiger partial charge in [-0.15, -0.1) is 0 Å². The number of carbonyl (C=O) groups is 1. The van der Waals surface area contributed by atoms with Crippen LogP contribution in [0.25, 0.3) is 0 Å². The first kappa shape index (κ1) is 13.5. The van der Waals surface area contributed by atoms with E-state index in [2.05, 4.69) is 4.74 Å². The summed E-state index contributed by atoms with van der Waals surface area (Å²) in [5, 5.41) is 9.83. The van der Waals surface area contributed by atoms with E-state index in [0.29, 0.717) is 11.1 Å². The maximum absolute atomic E-state index is 11.4.